The molecule has 5 heteroatoms. The molecule has 0 amide bonds. The van der Waals surface area contributed by atoms with E-state index in [2.05, 4.69) is 15.3 Å². The predicted molar refractivity (Wildman–Crippen MR) is 81.4 cm³/mol. The zero-order valence-corrected chi connectivity index (χ0v) is 12.5. The SMILES string of the molecule is COC(=O)C(C)Cc1ccc(Nc2nccc(C)n2)cc1. The maximum Gasteiger partial charge on any atom is 0.308 e. The van der Waals surface area contributed by atoms with Crippen molar-refractivity contribution in [1.29, 1.82) is 0 Å². The fourth-order valence-electron chi connectivity index (χ4n) is 2.00. The molecule has 0 aliphatic rings. The number of aromatic nitrogens is 2. The van der Waals surface area contributed by atoms with Crippen LogP contribution in [-0.4, -0.2) is 23.0 Å². The molecule has 0 fully saturated rings. The van der Waals surface area contributed by atoms with Gasteiger partial charge in [0, 0.05) is 17.6 Å². The molecule has 0 bridgehead atoms. The fraction of sp³-hybridized carbons (Fsp3) is 0.312. The standard InChI is InChI=1S/C16H19N3O2/c1-11(15(20)21-3)10-13-4-6-14(7-5-13)19-16-17-9-8-12(2)18-16/h4-9,11H,10H2,1-3H3,(H,17,18,19). The quantitative estimate of drug-likeness (QED) is 0.856. The van der Waals surface area contributed by atoms with Gasteiger partial charge in [-0.2, -0.15) is 0 Å². The number of hydrogen-bond acceptors (Lipinski definition) is 5. The molecule has 21 heavy (non-hydrogen) atoms. The minimum atomic E-state index is -0.189. The number of nitrogens with one attached hydrogen (secondary N) is 1. The van der Waals surface area contributed by atoms with Crippen LogP contribution in [0.2, 0.25) is 0 Å². The summed E-state index contributed by atoms with van der Waals surface area (Å²) >= 11 is 0. The van der Waals surface area contributed by atoms with Gasteiger partial charge in [-0.3, -0.25) is 4.79 Å². The minimum Gasteiger partial charge on any atom is -0.469 e. The van der Waals surface area contributed by atoms with E-state index in [9.17, 15) is 4.79 Å². The molecule has 110 valence electrons. The maximum atomic E-state index is 11.4. The Bertz CT molecular complexity index is 611. The lowest BCUT2D eigenvalue weighted by molar-refractivity contribution is -0.144. The van der Waals surface area contributed by atoms with Crippen LogP contribution in [-0.2, 0) is 16.0 Å². The van der Waals surface area contributed by atoms with Crippen LogP contribution < -0.4 is 5.32 Å². The summed E-state index contributed by atoms with van der Waals surface area (Å²) in [5.74, 6) is 0.241. The summed E-state index contributed by atoms with van der Waals surface area (Å²) in [6.45, 7) is 3.78. The van der Waals surface area contributed by atoms with E-state index in [1.165, 1.54) is 7.11 Å². The normalized spacial score (nSPS) is 11.8. The zero-order valence-electron chi connectivity index (χ0n) is 12.5. The van der Waals surface area contributed by atoms with Gasteiger partial charge in [0.1, 0.15) is 0 Å². The van der Waals surface area contributed by atoms with Gasteiger partial charge in [-0.15, -0.1) is 0 Å². The van der Waals surface area contributed by atoms with E-state index < -0.39 is 0 Å². The summed E-state index contributed by atoms with van der Waals surface area (Å²) in [6, 6.07) is 9.72. The highest BCUT2D eigenvalue weighted by molar-refractivity contribution is 5.72. The number of benzene rings is 1. The van der Waals surface area contributed by atoms with Crippen molar-refractivity contribution >= 4 is 17.6 Å². The number of rotatable bonds is 5. The molecule has 0 aliphatic carbocycles. The molecule has 5 nitrogen and oxygen atoms in total. The number of ether oxygens (including phenoxy) is 1. The molecule has 1 aromatic heterocycles. The second-order valence-corrected chi connectivity index (χ2v) is 4.97. The molecule has 2 rings (SSSR count). The van der Waals surface area contributed by atoms with Gasteiger partial charge in [-0.25, -0.2) is 9.97 Å². The largest absolute Gasteiger partial charge is 0.469 e. The number of carbonyl (C=O) groups is 1. The first kappa shape index (κ1) is 15.0. The Kier molecular flexibility index (Phi) is 4.87. The summed E-state index contributed by atoms with van der Waals surface area (Å²) < 4.78 is 4.73. The van der Waals surface area contributed by atoms with Crippen LogP contribution in [0.15, 0.2) is 36.5 Å². The Hall–Kier alpha value is -2.43. The number of anilines is 2. The molecule has 0 saturated heterocycles. The molecule has 1 unspecified atom stereocenters. The first-order valence-corrected chi connectivity index (χ1v) is 6.82. The monoisotopic (exact) mass is 285 g/mol. The van der Waals surface area contributed by atoms with E-state index in [1.807, 2.05) is 44.2 Å². The van der Waals surface area contributed by atoms with Crippen LogP contribution in [0, 0.1) is 12.8 Å². The third-order valence-corrected chi connectivity index (χ3v) is 3.15. The number of hydrogen-bond donors (Lipinski definition) is 1. The van der Waals surface area contributed by atoms with Crippen LogP contribution in [0.5, 0.6) is 0 Å². The minimum absolute atomic E-state index is 0.145. The molecular weight excluding hydrogens is 266 g/mol. The third-order valence-electron chi connectivity index (χ3n) is 3.15. The molecule has 1 aromatic carbocycles. The van der Waals surface area contributed by atoms with E-state index in [-0.39, 0.29) is 11.9 Å². The average Bonchev–Trinajstić information content (AvgIpc) is 2.48. The van der Waals surface area contributed by atoms with E-state index in [0.29, 0.717) is 12.4 Å². The van der Waals surface area contributed by atoms with Crippen molar-refractivity contribution < 1.29 is 9.53 Å². The highest BCUT2D eigenvalue weighted by Gasteiger charge is 2.13. The summed E-state index contributed by atoms with van der Waals surface area (Å²) in [5, 5.41) is 3.15. The van der Waals surface area contributed by atoms with Gasteiger partial charge in [0.15, 0.2) is 0 Å². The second kappa shape index (κ2) is 6.83. The smallest absolute Gasteiger partial charge is 0.308 e. The first-order chi connectivity index (χ1) is 10.1. The molecule has 0 radical (unpaired) electrons. The molecule has 0 aliphatic heterocycles. The Morgan fingerprint density at radius 2 is 2.00 bits per heavy atom. The van der Waals surface area contributed by atoms with Crippen LogP contribution in [0.3, 0.4) is 0 Å². The van der Waals surface area contributed by atoms with Gasteiger partial charge in [0.25, 0.3) is 0 Å². The zero-order chi connectivity index (χ0) is 15.2. The highest BCUT2D eigenvalue weighted by Crippen LogP contribution is 2.16. The van der Waals surface area contributed by atoms with E-state index in [4.69, 9.17) is 4.74 Å². The molecule has 1 heterocycles. The Morgan fingerprint density at radius 1 is 1.29 bits per heavy atom. The van der Waals surface area contributed by atoms with Gasteiger partial charge in [-0.05, 0) is 37.1 Å². The molecule has 0 spiro atoms. The number of nitrogens with zero attached hydrogens (tertiary/aromatic N) is 2. The van der Waals surface area contributed by atoms with E-state index >= 15 is 0 Å². The van der Waals surface area contributed by atoms with Crippen molar-refractivity contribution in [2.75, 3.05) is 12.4 Å². The average molecular weight is 285 g/mol. The van der Waals surface area contributed by atoms with Crippen LogP contribution in [0.4, 0.5) is 11.6 Å². The molecule has 0 saturated carbocycles. The lowest BCUT2D eigenvalue weighted by atomic mass is 10.0. The first-order valence-electron chi connectivity index (χ1n) is 6.82. The highest BCUT2D eigenvalue weighted by atomic mass is 16.5. The predicted octanol–water partition coefficient (Wildman–Crippen LogP) is 2.88. The fourth-order valence-corrected chi connectivity index (χ4v) is 2.00. The lowest BCUT2D eigenvalue weighted by Gasteiger charge is -2.10. The molecule has 1 N–H and O–H groups in total. The maximum absolute atomic E-state index is 11.4. The van der Waals surface area contributed by atoms with Crippen molar-refractivity contribution in [3.8, 4) is 0 Å². The topological polar surface area (TPSA) is 64.1 Å². The third kappa shape index (κ3) is 4.27. The molecule has 1 atom stereocenters. The Morgan fingerprint density at radius 3 is 2.62 bits per heavy atom. The summed E-state index contributed by atoms with van der Waals surface area (Å²) in [4.78, 5) is 19.9. The summed E-state index contributed by atoms with van der Waals surface area (Å²) in [7, 11) is 1.41. The summed E-state index contributed by atoms with van der Waals surface area (Å²) in [6.07, 6.45) is 2.38. The molecule has 2 aromatic rings. The molecular formula is C16H19N3O2. The number of methoxy groups -OCH3 is 1. The van der Waals surface area contributed by atoms with Gasteiger partial charge in [0.2, 0.25) is 5.95 Å². The van der Waals surface area contributed by atoms with Gasteiger partial charge in [0.05, 0.1) is 13.0 Å². The van der Waals surface area contributed by atoms with Gasteiger partial charge in [-0.1, -0.05) is 19.1 Å². The lowest BCUT2D eigenvalue weighted by Crippen LogP contribution is -2.15. The van der Waals surface area contributed by atoms with Crippen molar-refractivity contribution in [1.82, 2.24) is 9.97 Å². The van der Waals surface area contributed by atoms with Gasteiger partial charge < -0.3 is 10.1 Å². The van der Waals surface area contributed by atoms with Gasteiger partial charge >= 0.3 is 5.97 Å². The summed E-state index contributed by atoms with van der Waals surface area (Å²) in [5.41, 5.74) is 2.91. The van der Waals surface area contributed by atoms with Crippen LogP contribution in [0.25, 0.3) is 0 Å². The van der Waals surface area contributed by atoms with Crippen molar-refractivity contribution in [3.63, 3.8) is 0 Å². The number of esters is 1. The van der Waals surface area contributed by atoms with Crippen LogP contribution >= 0.6 is 0 Å². The number of aryl methyl sites for hydroxylation is 1. The van der Waals surface area contributed by atoms with Crippen molar-refractivity contribution in [2.45, 2.75) is 20.3 Å². The number of carbonyl (C=O) groups excluding carboxylic acids is 1. The van der Waals surface area contributed by atoms with Crippen molar-refractivity contribution in [2.24, 2.45) is 5.92 Å². The Labute approximate surface area is 124 Å². The Balaban J connectivity index is 2.00. The van der Waals surface area contributed by atoms with E-state index in [1.54, 1.807) is 6.20 Å². The van der Waals surface area contributed by atoms with Crippen molar-refractivity contribution in [3.05, 3.63) is 47.8 Å². The van der Waals surface area contributed by atoms with Crippen LogP contribution in [0.1, 0.15) is 18.2 Å². The second-order valence-electron chi connectivity index (χ2n) is 4.97. The van der Waals surface area contributed by atoms with E-state index in [0.717, 1.165) is 16.9 Å².